The Morgan fingerprint density at radius 2 is 1.17 bits per heavy atom. The number of hydrogen-bond donors (Lipinski definition) is 0. The Hall–Kier alpha value is -0.243. The second-order valence-corrected chi connectivity index (χ2v) is 9.70. The van der Waals surface area contributed by atoms with Crippen LogP contribution in [0.1, 0.15) is 79.1 Å². The first-order valence-electron chi connectivity index (χ1n) is 9.12. The van der Waals surface area contributed by atoms with Crippen LogP contribution in [0.15, 0.2) is 42.7 Å². The molecule has 0 radical (unpaired) electrons. The molecule has 0 saturated heterocycles. The van der Waals surface area contributed by atoms with Gasteiger partial charge >= 0.3 is 0 Å². The van der Waals surface area contributed by atoms with Crippen molar-refractivity contribution in [1.29, 1.82) is 0 Å². The zero-order valence-electron chi connectivity index (χ0n) is 15.1. The smallest absolute Gasteiger partial charge is 0.0882 e. The van der Waals surface area contributed by atoms with E-state index in [1.165, 1.54) is 48.0 Å². The second-order valence-electron chi connectivity index (χ2n) is 7.02. The lowest BCUT2D eigenvalue weighted by atomic mass is 10.1. The summed E-state index contributed by atoms with van der Waals surface area (Å²) in [5.74, 6) is 0. The van der Waals surface area contributed by atoms with Crippen molar-refractivity contribution < 1.29 is 0 Å². The van der Waals surface area contributed by atoms with Gasteiger partial charge in [0.1, 0.15) is 0 Å². The minimum Gasteiger partial charge on any atom is -0.0885 e. The van der Waals surface area contributed by atoms with E-state index in [1.807, 2.05) is 0 Å². The highest BCUT2D eigenvalue weighted by Gasteiger charge is 2.26. The van der Waals surface area contributed by atoms with Gasteiger partial charge in [0.15, 0.2) is 0 Å². The van der Waals surface area contributed by atoms with Gasteiger partial charge in [-0.3, -0.25) is 0 Å². The molecule has 2 rings (SSSR count). The quantitative estimate of drug-likeness (QED) is 0.409. The molecule has 0 nitrogen and oxygen atoms in total. The molecule has 23 heavy (non-hydrogen) atoms. The average Bonchev–Trinajstić information content (AvgIpc) is 2.92. The van der Waals surface area contributed by atoms with E-state index < -0.39 is 9.52 Å². The first-order chi connectivity index (χ1) is 11.0. The monoisotopic (exact) mass is 368 g/mol. The predicted molar refractivity (Wildman–Crippen MR) is 108 cm³/mol. The molecule has 0 unspecified atom stereocenters. The van der Waals surface area contributed by atoms with Gasteiger partial charge < -0.3 is 0 Å². The molecule has 2 aliphatic carbocycles. The fourth-order valence-corrected chi connectivity index (χ4v) is 7.16. The molecule has 128 valence electrons. The predicted octanol–water partition coefficient (Wildman–Crippen LogP) is 6.88. The van der Waals surface area contributed by atoms with Crippen LogP contribution in [-0.2, 0) is 0 Å². The number of rotatable bonds is 8. The minimum atomic E-state index is -0.470. The third kappa shape index (κ3) is 4.44. The van der Waals surface area contributed by atoms with Gasteiger partial charge in [-0.2, -0.15) is 0 Å². The lowest BCUT2D eigenvalue weighted by Crippen LogP contribution is -2.07. The Kier molecular flexibility index (Phi) is 7.25. The van der Waals surface area contributed by atoms with Gasteiger partial charge in [0.05, 0.1) is 9.52 Å². The molecule has 2 aliphatic rings. The number of halogens is 2. The summed E-state index contributed by atoms with van der Waals surface area (Å²) in [7, 11) is -0.470. The molecule has 0 bridgehead atoms. The van der Waals surface area contributed by atoms with E-state index in [1.54, 1.807) is 10.4 Å². The molecule has 0 N–H and O–H groups in total. The summed E-state index contributed by atoms with van der Waals surface area (Å²) >= 11 is 13.2. The maximum Gasteiger partial charge on any atom is 0.0882 e. The van der Waals surface area contributed by atoms with E-state index in [0.29, 0.717) is 0 Å². The molecule has 0 heterocycles. The van der Waals surface area contributed by atoms with Crippen molar-refractivity contribution in [2.45, 2.75) is 79.1 Å². The third-order valence-corrected chi connectivity index (χ3v) is 8.66. The van der Waals surface area contributed by atoms with Crippen molar-refractivity contribution in [2.24, 2.45) is 0 Å². The van der Waals surface area contributed by atoms with Crippen molar-refractivity contribution in [3.63, 3.8) is 0 Å². The molecule has 0 aromatic rings. The summed E-state index contributed by atoms with van der Waals surface area (Å²) < 4.78 is 0. The fourth-order valence-electron chi connectivity index (χ4n) is 3.71. The summed E-state index contributed by atoms with van der Waals surface area (Å²) in [6, 6.07) is 0. The zero-order valence-corrected chi connectivity index (χ0v) is 18.0. The van der Waals surface area contributed by atoms with Crippen LogP contribution in [-0.4, -0.2) is 9.52 Å². The Bertz CT molecular complexity index is 539. The van der Waals surface area contributed by atoms with Gasteiger partial charge in [-0.1, -0.05) is 71.4 Å². The molecule has 3 heteroatoms. The summed E-state index contributed by atoms with van der Waals surface area (Å²) in [5, 5.41) is 5.50. The standard InChI is InChI=1S/C20H30Cl2Si/c1-5-7-9-15-17(21)11-13(3)19(15)23-20-14(4)12-18(22)16(20)10-8-6-2/h5-12,23H2,1-4H3. The van der Waals surface area contributed by atoms with Gasteiger partial charge in [-0.25, -0.2) is 0 Å². The van der Waals surface area contributed by atoms with Crippen LogP contribution in [0.25, 0.3) is 0 Å². The third-order valence-electron chi connectivity index (χ3n) is 5.17. The van der Waals surface area contributed by atoms with Crippen LogP contribution in [0, 0.1) is 0 Å². The Morgan fingerprint density at radius 1 is 0.783 bits per heavy atom. The van der Waals surface area contributed by atoms with Crippen LogP contribution in [0.2, 0.25) is 0 Å². The summed E-state index contributed by atoms with van der Waals surface area (Å²) in [6.07, 6.45) is 9.23. The van der Waals surface area contributed by atoms with Gasteiger partial charge in [0, 0.05) is 22.9 Å². The molecular weight excluding hydrogens is 339 g/mol. The summed E-state index contributed by atoms with van der Waals surface area (Å²) in [6.45, 7) is 9.08. The maximum atomic E-state index is 6.58. The van der Waals surface area contributed by atoms with Gasteiger partial charge in [-0.15, -0.1) is 0 Å². The maximum absolute atomic E-state index is 6.58. The summed E-state index contributed by atoms with van der Waals surface area (Å²) in [5.41, 5.74) is 6.00. The fraction of sp³-hybridized carbons (Fsp3) is 0.600. The number of unbranched alkanes of at least 4 members (excludes halogenated alkanes) is 2. The largest absolute Gasteiger partial charge is 0.0885 e. The Balaban J connectivity index is 2.22. The highest BCUT2D eigenvalue weighted by Crippen LogP contribution is 2.42. The highest BCUT2D eigenvalue weighted by molar-refractivity contribution is 6.58. The van der Waals surface area contributed by atoms with Crippen LogP contribution >= 0.6 is 23.2 Å². The van der Waals surface area contributed by atoms with Gasteiger partial charge in [0.2, 0.25) is 0 Å². The Labute approximate surface area is 154 Å². The zero-order chi connectivity index (χ0) is 17.0. The van der Waals surface area contributed by atoms with E-state index in [0.717, 1.165) is 35.7 Å². The first-order valence-corrected chi connectivity index (χ1v) is 11.3. The lowest BCUT2D eigenvalue weighted by Gasteiger charge is -2.15. The van der Waals surface area contributed by atoms with Crippen molar-refractivity contribution in [1.82, 2.24) is 0 Å². The van der Waals surface area contributed by atoms with Crippen molar-refractivity contribution >= 4 is 32.7 Å². The topological polar surface area (TPSA) is 0 Å². The molecule has 0 atom stereocenters. The molecule has 0 aromatic carbocycles. The van der Waals surface area contributed by atoms with Crippen molar-refractivity contribution in [2.75, 3.05) is 0 Å². The SMILES string of the molecule is CCCCC1=C(Cl)CC(C)=C1[SiH2]C1=C(C)CC(Cl)=C1CCCC. The van der Waals surface area contributed by atoms with Crippen LogP contribution in [0.3, 0.4) is 0 Å². The van der Waals surface area contributed by atoms with E-state index in [2.05, 4.69) is 27.7 Å². The van der Waals surface area contributed by atoms with Gasteiger partial charge in [0.25, 0.3) is 0 Å². The average molecular weight is 369 g/mol. The van der Waals surface area contributed by atoms with E-state index >= 15 is 0 Å². The minimum absolute atomic E-state index is 0.470. The van der Waals surface area contributed by atoms with E-state index in [4.69, 9.17) is 23.2 Å². The normalized spacial score (nSPS) is 19.0. The van der Waals surface area contributed by atoms with Crippen molar-refractivity contribution in [3.05, 3.63) is 42.7 Å². The highest BCUT2D eigenvalue weighted by atomic mass is 35.5. The molecule has 0 amide bonds. The molecule has 0 fully saturated rings. The lowest BCUT2D eigenvalue weighted by molar-refractivity contribution is 0.793. The van der Waals surface area contributed by atoms with Gasteiger partial charge in [-0.05, 0) is 50.7 Å². The number of allylic oxidation sites excluding steroid dienone is 8. The molecule has 0 aliphatic heterocycles. The van der Waals surface area contributed by atoms with E-state index in [9.17, 15) is 0 Å². The first kappa shape index (κ1) is 19.1. The van der Waals surface area contributed by atoms with Crippen LogP contribution in [0.5, 0.6) is 0 Å². The molecule has 0 saturated carbocycles. The molecule has 0 aromatic heterocycles. The molecule has 0 spiro atoms. The van der Waals surface area contributed by atoms with Crippen LogP contribution in [0.4, 0.5) is 0 Å². The summed E-state index contributed by atoms with van der Waals surface area (Å²) in [4.78, 5) is 0. The number of hydrogen-bond acceptors (Lipinski definition) is 0. The second kappa shape index (κ2) is 8.74. The molecular formula is C20H30Cl2Si. The van der Waals surface area contributed by atoms with Crippen LogP contribution < -0.4 is 0 Å². The Morgan fingerprint density at radius 3 is 1.52 bits per heavy atom. The van der Waals surface area contributed by atoms with E-state index in [-0.39, 0.29) is 0 Å². The van der Waals surface area contributed by atoms with Crippen molar-refractivity contribution in [3.8, 4) is 0 Å².